The van der Waals surface area contributed by atoms with Gasteiger partial charge < -0.3 is 4.74 Å². The summed E-state index contributed by atoms with van der Waals surface area (Å²) in [6.45, 7) is 1.36. The van der Waals surface area contributed by atoms with E-state index in [-0.39, 0.29) is 11.9 Å². The Kier molecular flexibility index (Phi) is 2.20. The van der Waals surface area contributed by atoms with Crippen molar-refractivity contribution >= 4 is 21.9 Å². The molecule has 0 saturated carbocycles. The summed E-state index contributed by atoms with van der Waals surface area (Å²) in [6, 6.07) is 0. The van der Waals surface area contributed by atoms with Crippen LogP contribution in [0.1, 0.15) is 15.2 Å². The van der Waals surface area contributed by atoms with Crippen molar-refractivity contribution in [1.82, 2.24) is 0 Å². The Labute approximate surface area is 52.4 Å². The fourth-order valence-electron chi connectivity index (χ4n) is 0.181. The van der Waals surface area contributed by atoms with Gasteiger partial charge in [0, 0.05) is 8.27 Å². The predicted molar refractivity (Wildman–Crippen MR) is 30.2 cm³/mol. The van der Waals surface area contributed by atoms with Crippen molar-refractivity contribution in [3.8, 4) is 0 Å². The van der Waals surface area contributed by atoms with Crippen LogP contribution in [0.3, 0.4) is 0 Å². The summed E-state index contributed by atoms with van der Waals surface area (Å²) < 4.78 is 11.0. The van der Waals surface area contributed by atoms with Gasteiger partial charge in [-0.25, -0.2) is 0 Å². The van der Waals surface area contributed by atoms with Gasteiger partial charge in [-0.1, -0.05) is 0 Å². The van der Waals surface area contributed by atoms with Crippen LogP contribution in [-0.4, -0.2) is 11.0 Å². The third-order valence-corrected chi connectivity index (χ3v) is 0.481. The molecule has 2 nitrogen and oxygen atoms in total. The molecule has 0 aliphatic carbocycles. The van der Waals surface area contributed by atoms with Crippen LogP contribution >= 0.6 is 15.9 Å². The van der Waals surface area contributed by atoms with E-state index < -0.39 is 5.97 Å². The van der Waals surface area contributed by atoms with Crippen molar-refractivity contribution in [3.63, 3.8) is 0 Å². The molecule has 0 aliphatic heterocycles. The van der Waals surface area contributed by atoms with Gasteiger partial charge in [-0.3, -0.25) is 4.79 Å². The molecule has 0 spiro atoms. The van der Waals surface area contributed by atoms with Crippen LogP contribution in [0.15, 0.2) is 0 Å². The first kappa shape index (κ1) is 5.09. The van der Waals surface area contributed by atoms with E-state index in [1.165, 1.54) is 0 Å². The molecule has 0 N–H and O–H groups in total. The maximum atomic E-state index is 10.2. The molecule has 7 heavy (non-hydrogen) atoms. The highest BCUT2D eigenvalue weighted by atomic mass is 79.9. The summed E-state index contributed by atoms with van der Waals surface area (Å²) in [5.41, 5.74) is 0. The predicted octanol–water partition coefficient (Wildman–Crippen LogP) is 1.29. The van der Waals surface area contributed by atoms with Crippen LogP contribution in [0.4, 0.5) is 0 Å². The smallest absolute Gasteiger partial charge is 0.303 e. The van der Waals surface area contributed by atoms with E-state index in [1.54, 1.807) is 6.92 Å². The first-order valence-electron chi connectivity index (χ1n) is 2.50. The second kappa shape index (κ2) is 3.02. The zero-order valence-corrected chi connectivity index (χ0v) is 5.56. The number of esters is 1. The van der Waals surface area contributed by atoms with Gasteiger partial charge in [0.05, 0.1) is 0 Å². The minimum atomic E-state index is -0.505. The van der Waals surface area contributed by atoms with Gasteiger partial charge in [-0.2, -0.15) is 0 Å². The van der Waals surface area contributed by atoms with Gasteiger partial charge in [0.25, 0.3) is 0 Å². The molecule has 0 bridgehead atoms. The highest BCUT2D eigenvalue weighted by Gasteiger charge is 1.95. The van der Waals surface area contributed by atoms with Gasteiger partial charge in [0.1, 0.15) is 0 Å². The lowest BCUT2D eigenvalue weighted by Crippen LogP contribution is -2.03. The summed E-state index contributed by atoms with van der Waals surface area (Å²) >= 11 is 2.99. The second-order valence-corrected chi connectivity index (χ2v) is 2.32. The molecule has 0 aliphatic rings. The van der Waals surface area contributed by atoms with Crippen molar-refractivity contribution in [2.24, 2.45) is 0 Å². The van der Waals surface area contributed by atoms with Crippen LogP contribution in [0.25, 0.3) is 0 Å². The van der Waals surface area contributed by atoms with E-state index in [2.05, 4.69) is 20.7 Å². The number of rotatable bonds is 1. The molecular formula is C4H7BrO2. The van der Waals surface area contributed by atoms with Crippen molar-refractivity contribution in [2.45, 2.75) is 18.8 Å². The first-order chi connectivity index (χ1) is 3.66. The first-order valence-corrected chi connectivity index (χ1v) is 2.71. The fraction of sp³-hybridized carbons (Fsp3) is 0.750. The summed E-state index contributed by atoms with van der Waals surface area (Å²) in [5, 5.41) is -0.277. The minimum Gasteiger partial charge on any atom is -0.451 e. The van der Waals surface area contributed by atoms with Crippen LogP contribution in [0.2, 0.25) is 0 Å². The summed E-state index contributed by atoms with van der Waals surface area (Å²) in [5.74, 6) is -0.505. The van der Waals surface area contributed by atoms with Gasteiger partial charge >= 0.3 is 5.97 Å². The van der Waals surface area contributed by atoms with Gasteiger partial charge in [-0.05, 0) is 22.9 Å². The van der Waals surface area contributed by atoms with Gasteiger partial charge in [0.2, 0.25) is 0 Å². The maximum Gasteiger partial charge on any atom is 0.303 e. The monoisotopic (exact) mass is 167 g/mol. The Morgan fingerprint density at radius 1 is 2.14 bits per heavy atom. The molecule has 1 atom stereocenters. The molecule has 0 amide bonds. The topological polar surface area (TPSA) is 26.3 Å². The molecule has 0 fully saturated rings. The average molecular weight is 168 g/mol. The fourth-order valence-corrected chi connectivity index (χ4v) is 0.390. The molecule has 3 heteroatoms. The van der Waals surface area contributed by atoms with Crippen LogP contribution in [0, 0.1) is 0 Å². The molecule has 0 rings (SSSR count). The molecule has 0 saturated heterocycles. The molecule has 0 heterocycles. The van der Waals surface area contributed by atoms with Crippen LogP contribution in [0.5, 0.6) is 0 Å². The minimum absolute atomic E-state index is 0.277. The summed E-state index contributed by atoms with van der Waals surface area (Å²) in [6.07, 6.45) is 0. The van der Waals surface area contributed by atoms with Crippen molar-refractivity contribution in [3.05, 3.63) is 0 Å². The van der Waals surface area contributed by atoms with E-state index in [9.17, 15) is 4.79 Å². The van der Waals surface area contributed by atoms with Crippen molar-refractivity contribution in [1.29, 1.82) is 0 Å². The lowest BCUT2D eigenvalue weighted by Gasteiger charge is -1.99. The Morgan fingerprint density at radius 2 is 2.71 bits per heavy atom. The molecule has 0 aromatic heterocycles. The summed E-state index contributed by atoms with van der Waals surface area (Å²) in [4.78, 5) is 10.2. The van der Waals surface area contributed by atoms with E-state index in [0.717, 1.165) is 0 Å². The Bertz CT molecular complexity index is 84.1. The third-order valence-electron chi connectivity index (χ3n) is 0.294. The number of hydrogen-bond acceptors (Lipinski definition) is 2. The SMILES string of the molecule is [2H]CC(=O)OC(C)Br. The standard InChI is InChI=1S/C4H7BrO2/c1-3(5)7-4(2)6/h3H,1-2H3/i2D. The molecule has 0 aromatic rings. The largest absolute Gasteiger partial charge is 0.451 e. The maximum absolute atomic E-state index is 10.2. The Hall–Kier alpha value is -0.0500. The third kappa shape index (κ3) is 5.95. The number of hydrogen-bond donors (Lipinski definition) is 0. The van der Waals surface area contributed by atoms with E-state index in [0.29, 0.717) is 0 Å². The highest BCUT2D eigenvalue weighted by Crippen LogP contribution is 1.97. The molecule has 42 valence electrons. The normalized spacial score (nSPS) is 14.9. The second-order valence-electron chi connectivity index (χ2n) is 1.03. The number of alkyl halides is 1. The molecule has 0 aromatic carbocycles. The van der Waals surface area contributed by atoms with Gasteiger partial charge in [0.15, 0.2) is 5.01 Å². The lowest BCUT2D eigenvalue weighted by molar-refractivity contribution is -0.141. The highest BCUT2D eigenvalue weighted by molar-refractivity contribution is 9.09. The average Bonchev–Trinajstić information content (AvgIpc) is 1.65. The van der Waals surface area contributed by atoms with Gasteiger partial charge in [-0.15, -0.1) is 0 Å². The Morgan fingerprint density at radius 3 is 2.86 bits per heavy atom. The van der Waals surface area contributed by atoms with E-state index in [1.807, 2.05) is 0 Å². The number of halogens is 1. The molecule has 1 unspecified atom stereocenters. The van der Waals surface area contributed by atoms with Crippen molar-refractivity contribution < 1.29 is 10.9 Å². The molecule has 0 radical (unpaired) electrons. The number of carbonyl (C=O) groups is 1. The summed E-state index contributed by atoms with van der Waals surface area (Å²) in [7, 11) is 0. The molecular weight excluding hydrogens is 160 g/mol. The Balaban J connectivity index is 3.25. The van der Waals surface area contributed by atoms with Crippen LogP contribution < -0.4 is 0 Å². The van der Waals surface area contributed by atoms with E-state index >= 15 is 0 Å². The lowest BCUT2D eigenvalue weighted by atomic mass is 10.8. The van der Waals surface area contributed by atoms with Crippen LogP contribution in [-0.2, 0) is 9.53 Å². The van der Waals surface area contributed by atoms with E-state index in [4.69, 9.17) is 1.37 Å². The van der Waals surface area contributed by atoms with Crippen molar-refractivity contribution in [2.75, 3.05) is 0 Å². The number of carbonyl (C=O) groups excluding carboxylic acids is 1. The number of ether oxygens (including phenoxy) is 1. The quantitative estimate of drug-likeness (QED) is 0.435. The zero-order valence-electron chi connectivity index (χ0n) is 4.98. The zero-order chi connectivity index (χ0) is 6.57.